The molecule has 2 heterocycles. The number of anilines is 2. The summed E-state index contributed by atoms with van der Waals surface area (Å²) in [5.41, 5.74) is 3.03. The predicted octanol–water partition coefficient (Wildman–Crippen LogP) is 4.51. The van der Waals surface area contributed by atoms with E-state index in [9.17, 15) is 13.2 Å². The Morgan fingerprint density at radius 3 is 2.26 bits per heavy atom. The molecular formula is C29H31N3O5S2. The van der Waals surface area contributed by atoms with Crippen molar-refractivity contribution in [2.75, 3.05) is 57.7 Å². The smallest absolute Gasteiger partial charge is 0.262 e. The van der Waals surface area contributed by atoms with Gasteiger partial charge in [-0.1, -0.05) is 30.0 Å². The van der Waals surface area contributed by atoms with Crippen LogP contribution in [0.2, 0.25) is 0 Å². The van der Waals surface area contributed by atoms with Gasteiger partial charge in [0.25, 0.3) is 5.91 Å². The highest BCUT2D eigenvalue weighted by molar-refractivity contribution is 8.04. The zero-order valence-electron chi connectivity index (χ0n) is 22.1. The number of fused-ring (bicyclic) bond motifs is 1. The normalized spacial score (nSPS) is 17.1. The molecule has 0 atom stereocenters. The van der Waals surface area contributed by atoms with Crippen molar-refractivity contribution >= 4 is 45.0 Å². The molecule has 0 unspecified atom stereocenters. The molecule has 0 spiro atoms. The summed E-state index contributed by atoms with van der Waals surface area (Å²) in [6.45, 7) is 4.08. The number of carbonyl (C=O) groups excluding carboxylic acids is 1. The molecule has 3 aromatic rings. The summed E-state index contributed by atoms with van der Waals surface area (Å²) >= 11 is 1.33. The maximum absolute atomic E-state index is 13.3. The van der Waals surface area contributed by atoms with Gasteiger partial charge in [0.05, 0.1) is 41.0 Å². The quantitative estimate of drug-likeness (QED) is 0.419. The zero-order valence-corrected chi connectivity index (χ0v) is 23.8. The third kappa shape index (κ3) is 5.93. The Morgan fingerprint density at radius 1 is 0.949 bits per heavy atom. The Hall–Kier alpha value is -3.47. The van der Waals surface area contributed by atoms with Crippen LogP contribution in [0, 0.1) is 0 Å². The fraction of sp³-hybridized carbons (Fsp3) is 0.276. The maximum Gasteiger partial charge on any atom is 0.262 e. The molecule has 1 N–H and O–H groups in total. The number of carbonyl (C=O) groups is 1. The van der Waals surface area contributed by atoms with E-state index in [0.717, 1.165) is 36.6 Å². The lowest BCUT2D eigenvalue weighted by atomic mass is 10.1. The Balaban J connectivity index is 1.33. The van der Waals surface area contributed by atoms with Crippen LogP contribution in [0.15, 0.2) is 75.4 Å². The number of ether oxygens (including phenoxy) is 2. The molecule has 3 aromatic carbocycles. The highest BCUT2D eigenvalue weighted by Crippen LogP contribution is 2.41. The molecule has 2 aliphatic heterocycles. The number of sulfone groups is 1. The number of nitrogens with one attached hydrogen (secondary N) is 1. The summed E-state index contributed by atoms with van der Waals surface area (Å²) in [6, 6.07) is 18.2. The third-order valence-corrected chi connectivity index (χ3v) is 9.67. The van der Waals surface area contributed by atoms with Crippen molar-refractivity contribution in [2.24, 2.45) is 0 Å². The summed E-state index contributed by atoms with van der Waals surface area (Å²) in [5.74, 6) is 0.309. The van der Waals surface area contributed by atoms with Crippen molar-refractivity contribution in [1.29, 1.82) is 0 Å². The Bertz CT molecular complexity index is 1490. The average molecular weight is 566 g/mol. The van der Waals surface area contributed by atoms with Gasteiger partial charge in [-0.25, -0.2) is 8.42 Å². The van der Waals surface area contributed by atoms with Crippen LogP contribution in [-0.2, 0) is 20.4 Å². The second-order valence-corrected chi connectivity index (χ2v) is 12.6. The maximum atomic E-state index is 13.3. The second-order valence-electron chi connectivity index (χ2n) is 9.50. The molecule has 1 amide bonds. The SMILES string of the molecule is COc1cccc(OC)c1CS(=O)(=O)c1ccc2c(c1)NC(=O)C(=Cc1ccc(N3CCN(C)CC3)cc1)S2. The molecule has 1 fully saturated rings. The number of methoxy groups -OCH3 is 2. The van der Waals surface area contributed by atoms with Crippen LogP contribution in [0.1, 0.15) is 11.1 Å². The molecule has 0 bridgehead atoms. The highest BCUT2D eigenvalue weighted by Gasteiger charge is 2.26. The molecule has 39 heavy (non-hydrogen) atoms. The van der Waals surface area contributed by atoms with Gasteiger partial charge in [-0.15, -0.1) is 0 Å². The number of hydrogen-bond acceptors (Lipinski definition) is 8. The molecule has 204 valence electrons. The van der Waals surface area contributed by atoms with Gasteiger partial charge in [0, 0.05) is 36.8 Å². The lowest BCUT2D eigenvalue weighted by Gasteiger charge is -2.34. The van der Waals surface area contributed by atoms with E-state index >= 15 is 0 Å². The molecule has 0 aromatic heterocycles. The van der Waals surface area contributed by atoms with Gasteiger partial charge in [-0.3, -0.25) is 4.79 Å². The first kappa shape index (κ1) is 27.1. The molecule has 10 heteroatoms. The van der Waals surface area contributed by atoms with Crippen molar-refractivity contribution < 1.29 is 22.7 Å². The van der Waals surface area contributed by atoms with E-state index in [1.54, 1.807) is 30.3 Å². The molecule has 8 nitrogen and oxygen atoms in total. The number of thioether (sulfide) groups is 1. The van der Waals surface area contributed by atoms with Gasteiger partial charge >= 0.3 is 0 Å². The first-order valence-corrected chi connectivity index (χ1v) is 15.1. The summed E-state index contributed by atoms with van der Waals surface area (Å²) in [7, 11) is 1.37. The summed E-state index contributed by atoms with van der Waals surface area (Å²) in [5, 5.41) is 2.86. The lowest BCUT2D eigenvalue weighted by molar-refractivity contribution is -0.112. The lowest BCUT2D eigenvalue weighted by Crippen LogP contribution is -2.44. The Morgan fingerprint density at radius 2 is 1.62 bits per heavy atom. The number of benzene rings is 3. The van der Waals surface area contributed by atoms with Crippen LogP contribution in [0.3, 0.4) is 0 Å². The van der Waals surface area contributed by atoms with Crippen molar-refractivity contribution in [3.8, 4) is 11.5 Å². The highest BCUT2D eigenvalue weighted by atomic mass is 32.2. The van der Waals surface area contributed by atoms with E-state index in [-0.39, 0.29) is 16.6 Å². The average Bonchev–Trinajstić information content (AvgIpc) is 2.94. The van der Waals surface area contributed by atoms with E-state index < -0.39 is 9.84 Å². The fourth-order valence-electron chi connectivity index (χ4n) is 4.67. The van der Waals surface area contributed by atoms with Crippen molar-refractivity contribution in [1.82, 2.24) is 4.90 Å². The molecular weight excluding hydrogens is 534 g/mol. The Labute approximate surface area is 233 Å². The number of hydrogen-bond donors (Lipinski definition) is 1. The van der Waals surface area contributed by atoms with Crippen LogP contribution in [0.4, 0.5) is 11.4 Å². The van der Waals surface area contributed by atoms with Crippen LogP contribution in [-0.4, -0.2) is 66.7 Å². The topological polar surface area (TPSA) is 88.2 Å². The van der Waals surface area contributed by atoms with Crippen LogP contribution in [0.25, 0.3) is 6.08 Å². The number of likely N-dealkylation sites (N-methyl/N-ethyl adjacent to an activating group) is 1. The van der Waals surface area contributed by atoms with Gasteiger partial charge in [0.2, 0.25) is 0 Å². The standard InChI is InChI=1S/C29H31N3O5S2/c1-31-13-15-32(16-14-31)21-9-7-20(8-10-21)17-28-29(33)30-24-18-22(11-12-27(24)38-28)39(34,35)19-23-25(36-2)5-4-6-26(23)37-3/h4-12,17-18H,13-16,19H2,1-3H3,(H,30,33). The number of amides is 1. The van der Waals surface area contributed by atoms with Crippen molar-refractivity contribution in [2.45, 2.75) is 15.5 Å². The van der Waals surface area contributed by atoms with E-state index in [1.165, 1.54) is 37.7 Å². The largest absolute Gasteiger partial charge is 0.496 e. The van der Waals surface area contributed by atoms with E-state index in [0.29, 0.717) is 27.7 Å². The molecule has 2 aliphatic rings. The minimum Gasteiger partial charge on any atom is -0.496 e. The molecule has 5 rings (SSSR count). The first-order chi connectivity index (χ1) is 18.8. The molecule has 0 saturated carbocycles. The van der Waals surface area contributed by atoms with E-state index in [2.05, 4.69) is 34.3 Å². The summed E-state index contributed by atoms with van der Waals surface area (Å²) < 4.78 is 37.4. The van der Waals surface area contributed by atoms with Gasteiger partial charge in [0.1, 0.15) is 11.5 Å². The summed E-state index contributed by atoms with van der Waals surface area (Å²) in [4.78, 5) is 19.1. The minimum absolute atomic E-state index is 0.113. The van der Waals surface area contributed by atoms with Gasteiger partial charge in [0.15, 0.2) is 9.84 Å². The van der Waals surface area contributed by atoms with Crippen LogP contribution >= 0.6 is 11.8 Å². The second kappa shape index (κ2) is 11.3. The van der Waals surface area contributed by atoms with Crippen molar-refractivity contribution in [3.63, 3.8) is 0 Å². The van der Waals surface area contributed by atoms with Gasteiger partial charge in [-0.2, -0.15) is 0 Å². The molecule has 1 saturated heterocycles. The van der Waals surface area contributed by atoms with E-state index in [1.807, 2.05) is 18.2 Å². The molecule has 0 radical (unpaired) electrons. The van der Waals surface area contributed by atoms with E-state index in [4.69, 9.17) is 9.47 Å². The zero-order chi connectivity index (χ0) is 27.6. The summed E-state index contributed by atoms with van der Waals surface area (Å²) in [6.07, 6.45) is 1.86. The van der Waals surface area contributed by atoms with Gasteiger partial charge < -0.3 is 24.6 Å². The first-order valence-electron chi connectivity index (χ1n) is 12.6. The van der Waals surface area contributed by atoms with Crippen molar-refractivity contribution in [3.05, 3.63) is 76.7 Å². The number of nitrogens with zero attached hydrogens (tertiary/aromatic N) is 2. The van der Waals surface area contributed by atoms with Gasteiger partial charge in [-0.05, 0) is 61.2 Å². The number of piperazine rings is 1. The van der Waals surface area contributed by atoms with Crippen LogP contribution < -0.4 is 19.7 Å². The Kier molecular flexibility index (Phi) is 7.88. The predicted molar refractivity (Wildman–Crippen MR) is 155 cm³/mol. The monoisotopic (exact) mass is 565 g/mol. The third-order valence-electron chi connectivity index (χ3n) is 6.93. The fourth-order valence-corrected chi connectivity index (χ4v) is 7.01. The minimum atomic E-state index is -3.75. The molecule has 0 aliphatic carbocycles. The van der Waals surface area contributed by atoms with Crippen LogP contribution in [0.5, 0.6) is 11.5 Å². The number of rotatable bonds is 7.